The number of aromatic nitrogens is 2. The van der Waals surface area contributed by atoms with Crippen LogP contribution in [0.15, 0.2) is 30.3 Å². The zero-order chi connectivity index (χ0) is 12.8. The highest BCUT2D eigenvalue weighted by molar-refractivity contribution is 5.89. The Balaban J connectivity index is 1.94. The number of nitrogens with zero attached hydrogens (tertiary/aromatic N) is 3. The maximum absolute atomic E-state index is 2.50. The molecular formula is C16H20N3+. The van der Waals surface area contributed by atoms with Gasteiger partial charge in [-0.1, -0.05) is 18.2 Å². The van der Waals surface area contributed by atoms with E-state index in [9.17, 15) is 0 Å². The van der Waals surface area contributed by atoms with Crippen LogP contribution >= 0.6 is 0 Å². The lowest BCUT2D eigenvalue weighted by Gasteiger charge is -2.20. The molecule has 0 spiro atoms. The van der Waals surface area contributed by atoms with Crippen LogP contribution in [0.2, 0.25) is 0 Å². The van der Waals surface area contributed by atoms with E-state index in [2.05, 4.69) is 51.7 Å². The van der Waals surface area contributed by atoms with Crippen LogP contribution < -0.4 is 4.68 Å². The fraction of sp³-hybridized carbons (Fsp3) is 0.438. The molecule has 98 valence electrons. The van der Waals surface area contributed by atoms with Crippen LogP contribution in [-0.2, 0) is 13.1 Å². The Morgan fingerprint density at radius 2 is 2.05 bits per heavy atom. The Hall–Kier alpha value is -1.61. The molecule has 4 rings (SSSR count). The summed E-state index contributed by atoms with van der Waals surface area (Å²) in [7, 11) is 2.20. The summed E-state index contributed by atoms with van der Waals surface area (Å²) < 4.78 is 4.96. The van der Waals surface area contributed by atoms with Gasteiger partial charge < -0.3 is 4.90 Å². The van der Waals surface area contributed by atoms with Crippen molar-refractivity contribution in [1.29, 1.82) is 0 Å². The average Bonchev–Trinajstić information content (AvgIpc) is 3.00. The second-order valence-corrected chi connectivity index (χ2v) is 5.71. The van der Waals surface area contributed by atoms with Crippen molar-refractivity contribution in [3.8, 4) is 0 Å². The Bertz CT molecular complexity index is 666. The lowest BCUT2D eigenvalue weighted by molar-refractivity contribution is -0.757. The molecule has 19 heavy (non-hydrogen) atoms. The van der Waals surface area contributed by atoms with Crippen molar-refractivity contribution in [3.05, 3.63) is 36.0 Å². The van der Waals surface area contributed by atoms with E-state index in [1.165, 1.54) is 41.6 Å². The quantitative estimate of drug-likeness (QED) is 0.709. The summed E-state index contributed by atoms with van der Waals surface area (Å²) in [6.07, 6.45) is 4.85. The first kappa shape index (κ1) is 11.2. The molecule has 1 aromatic carbocycles. The number of aryl methyl sites for hydroxylation is 1. The van der Waals surface area contributed by atoms with Crippen LogP contribution in [0.4, 0.5) is 0 Å². The molecule has 0 bridgehead atoms. The SMILES string of the molecule is CN1CC=C(c2c3ccccc3n3[n+]2CCC3)CC1. The molecule has 3 heteroatoms. The molecule has 0 radical (unpaired) electrons. The maximum Gasteiger partial charge on any atom is 0.242 e. The van der Waals surface area contributed by atoms with Gasteiger partial charge in [-0.2, -0.15) is 4.68 Å². The smallest absolute Gasteiger partial charge is 0.242 e. The van der Waals surface area contributed by atoms with E-state index >= 15 is 0 Å². The van der Waals surface area contributed by atoms with Crippen molar-refractivity contribution in [1.82, 2.24) is 9.58 Å². The summed E-state index contributed by atoms with van der Waals surface area (Å²) in [5.74, 6) is 0. The highest BCUT2D eigenvalue weighted by Crippen LogP contribution is 2.28. The minimum atomic E-state index is 1.08. The standard InChI is InChI=1S/C16H20N3/c1-17-11-7-13(8-12-17)16-14-5-2-3-6-15(14)18-9-4-10-19(16)18/h2-3,5-7H,4,8-12H2,1H3/q+1. The summed E-state index contributed by atoms with van der Waals surface area (Å²) in [4.78, 5) is 2.38. The number of hydrogen-bond acceptors (Lipinski definition) is 1. The largest absolute Gasteiger partial charge is 0.302 e. The van der Waals surface area contributed by atoms with Gasteiger partial charge in [0, 0.05) is 25.1 Å². The highest BCUT2D eigenvalue weighted by atomic mass is 15.4. The minimum Gasteiger partial charge on any atom is -0.302 e. The van der Waals surface area contributed by atoms with Crippen molar-refractivity contribution in [2.24, 2.45) is 0 Å². The molecule has 0 saturated heterocycles. The van der Waals surface area contributed by atoms with E-state index in [0.717, 1.165) is 19.6 Å². The zero-order valence-corrected chi connectivity index (χ0v) is 11.5. The summed E-state index contributed by atoms with van der Waals surface area (Å²) in [6.45, 7) is 4.57. The van der Waals surface area contributed by atoms with E-state index in [1.54, 1.807) is 0 Å². The van der Waals surface area contributed by atoms with Crippen LogP contribution in [0.5, 0.6) is 0 Å². The molecule has 0 fully saturated rings. The van der Waals surface area contributed by atoms with Crippen molar-refractivity contribution >= 4 is 16.5 Å². The van der Waals surface area contributed by atoms with Crippen LogP contribution in [0.1, 0.15) is 18.5 Å². The monoisotopic (exact) mass is 254 g/mol. The predicted molar refractivity (Wildman–Crippen MR) is 76.8 cm³/mol. The predicted octanol–water partition coefficient (Wildman–Crippen LogP) is 2.05. The first-order valence-corrected chi connectivity index (χ1v) is 7.24. The van der Waals surface area contributed by atoms with E-state index in [-0.39, 0.29) is 0 Å². The molecule has 0 amide bonds. The van der Waals surface area contributed by atoms with E-state index < -0.39 is 0 Å². The molecule has 0 unspecified atom stereocenters. The van der Waals surface area contributed by atoms with Gasteiger partial charge in [0.15, 0.2) is 6.54 Å². The van der Waals surface area contributed by atoms with Gasteiger partial charge in [0.05, 0.1) is 11.9 Å². The second-order valence-electron chi connectivity index (χ2n) is 5.71. The molecule has 3 heterocycles. The Kier molecular flexibility index (Phi) is 2.49. The minimum absolute atomic E-state index is 1.08. The first-order valence-electron chi connectivity index (χ1n) is 7.24. The van der Waals surface area contributed by atoms with Gasteiger partial charge in [-0.05, 0) is 25.6 Å². The molecule has 0 saturated carbocycles. The van der Waals surface area contributed by atoms with E-state index in [1.807, 2.05) is 0 Å². The van der Waals surface area contributed by atoms with Gasteiger partial charge in [-0.25, -0.2) is 0 Å². The van der Waals surface area contributed by atoms with Crippen molar-refractivity contribution in [2.75, 3.05) is 20.1 Å². The number of likely N-dealkylation sites (N-methyl/N-ethyl adjacent to an activating group) is 1. The second kappa shape index (κ2) is 4.20. The highest BCUT2D eigenvalue weighted by Gasteiger charge is 2.31. The molecule has 2 aliphatic heterocycles. The van der Waals surface area contributed by atoms with Crippen LogP contribution in [-0.4, -0.2) is 29.7 Å². The summed E-state index contributed by atoms with van der Waals surface area (Å²) in [5, 5.41) is 1.43. The molecule has 2 aromatic rings. The number of para-hydroxylation sites is 1. The summed E-state index contributed by atoms with van der Waals surface area (Å²) >= 11 is 0. The van der Waals surface area contributed by atoms with Gasteiger partial charge in [0.25, 0.3) is 0 Å². The molecule has 1 aromatic heterocycles. The Morgan fingerprint density at radius 1 is 1.16 bits per heavy atom. The van der Waals surface area contributed by atoms with Crippen molar-refractivity contribution < 1.29 is 4.68 Å². The fourth-order valence-corrected chi connectivity index (χ4v) is 3.46. The van der Waals surface area contributed by atoms with Gasteiger partial charge in [0.1, 0.15) is 5.52 Å². The zero-order valence-electron chi connectivity index (χ0n) is 11.5. The van der Waals surface area contributed by atoms with Crippen LogP contribution in [0.25, 0.3) is 16.5 Å². The lowest BCUT2D eigenvalue weighted by atomic mass is 10.0. The van der Waals surface area contributed by atoms with Crippen LogP contribution in [0.3, 0.4) is 0 Å². The third-order valence-electron chi connectivity index (χ3n) is 4.44. The number of fused-ring (bicyclic) bond motifs is 3. The normalized spacial score (nSPS) is 19.7. The number of rotatable bonds is 1. The van der Waals surface area contributed by atoms with Gasteiger partial charge in [0.2, 0.25) is 5.69 Å². The summed E-state index contributed by atoms with van der Waals surface area (Å²) in [5.41, 5.74) is 4.41. The van der Waals surface area contributed by atoms with E-state index in [0.29, 0.717) is 0 Å². The lowest BCUT2D eigenvalue weighted by Crippen LogP contribution is -2.41. The van der Waals surface area contributed by atoms with E-state index in [4.69, 9.17) is 0 Å². The summed E-state index contributed by atoms with van der Waals surface area (Å²) in [6, 6.07) is 8.86. The molecule has 0 atom stereocenters. The molecule has 2 aliphatic rings. The van der Waals surface area contributed by atoms with Gasteiger partial charge in [-0.15, -0.1) is 4.68 Å². The molecule has 3 nitrogen and oxygen atoms in total. The van der Waals surface area contributed by atoms with Gasteiger partial charge in [-0.3, -0.25) is 0 Å². The van der Waals surface area contributed by atoms with Gasteiger partial charge >= 0.3 is 0 Å². The Labute approximate surface area is 113 Å². The number of benzene rings is 1. The van der Waals surface area contributed by atoms with Crippen molar-refractivity contribution in [3.63, 3.8) is 0 Å². The number of hydrogen-bond donors (Lipinski definition) is 0. The fourth-order valence-electron chi connectivity index (χ4n) is 3.46. The molecule has 0 N–H and O–H groups in total. The average molecular weight is 254 g/mol. The van der Waals surface area contributed by atoms with Crippen LogP contribution in [0, 0.1) is 0 Å². The molecular weight excluding hydrogens is 234 g/mol. The maximum atomic E-state index is 2.50. The van der Waals surface area contributed by atoms with Crippen molar-refractivity contribution in [2.45, 2.75) is 25.9 Å². The third-order valence-corrected chi connectivity index (χ3v) is 4.44. The third kappa shape index (κ3) is 1.65. The first-order chi connectivity index (χ1) is 9.34. The molecule has 0 aliphatic carbocycles. The Morgan fingerprint density at radius 3 is 2.89 bits per heavy atom. The topological polar surface area (TPSA) is 12.1 Å².